The highest BCUT2D eigenvalue weighted by Gasteiger charge is 2.18. The molecule has 2 aliphatic rings. The zero-order chi connectivity index (χ0) is 19.6. The maximum atomic E-state index is 11.4. The molecule has 2 heterocycles. The second-order valence-corrected chi connectivity index (χ2v) is 6.54. The van der Waals surface area contributed by atoms with Crippen LogP contribution >= 0.6 is 0 Å². The highest BCUT2D eigenvalue weighted by Crippen LogP contribution is 2.19. The summed E-state index contributed by atoms with van der Waals surface area (Å²) in [4.78, 5) is 49.7. The third kappa shape index (κ3) is 3.84. The maximum absolute atomic E-state index is 11.4. The normalized spacial score (nSPS) is 14.0. The summed E-state index contributed by atoms with van der Waals surface area (Å²) in [5, 5.41) is 8.68. The Morgan fingerprint density at radius 3 is 1.85 bits per heavy atom. The Bertz CT molecular complexity index is 1020. The topological polar surface area (TPSA) is 129 Å². The minimum absolute atomic E-state index is 0.105. The summed E-state index contributed by atoms with van der Waals surface area (Å²) in [5.74, 6) is -1.73. The van der Waals surface area contributed by atoms with E-state index in [2.05, 4.69) is 14.7 Å². The number of rotatable bonds is 2. The SMILES string of the molecule is COC(=O)c1cc2c([nH]c1=O)CCC2.O=C(O)c1cc2c([nH]c1=O)CCC2. The van der Waals surface area contributed by atoms with Gasteiger partial charge in [0.1, 0.15) is 11.1 Å². The van der Waals surface area contributed by atoms with Crippen molar-refractivity contribution < 1.29 is 19.4 Å². The van der Waals surface area contributed by atoms with Gasteiger partial charge in [0.25, 0.3) is 11.1 Å². The molecule has 0 atom stereocenters. The average molecular weight is 372 g/mol. The van der Waals surface area contributed by atoms with Crippen molar-refractivity contribution in [3.8, 4) is 0 Å². The lowest BCUT2D eigenvalue weighted by Crippen LogP contribution is -2.20. The van der Waals surface area contributed by atoms with Gasteiger partial charge in [0.2, 0.25) is 0 Å². The van der Waals surface area contributed by atoms with Gasteiger partial charge in [0.15, 0.2) is 0 Å². The first-order valence-corrected chi connectivity index (χ1v) is 8.72. The van der Waals surface area contributed by atoms with E-state index in [9.17, 15) is 19.2 Å². The number of carboxylic acids is 1. The number of H-pyrrole nitrogens is 2. The lowest BCUT2D eigenvalue weighted by molar-refractivity contribution is 0.0597. The minimum Gasteiger partial charge on any atom is -0.477 e. The van der Waals surface area contributed by atoms with Crippen LogP contribution in [0.5, 0.6) is 0 Å². The first-order valence-electron chi connectivity index (χ1n) is 8.72. The van der Waals surface area contributed by atoms with E-state index in [1.807, 2.05) is 0 Å². The minimum atomic E-state index is -1.16. The molecule has 2 aromatic rings. The number of hydrogen-bond acceptors (Lipinski definition) is 5. The molecule has 8 heteroatoms. The molecular formula is C19H20N2O6. The molecule has 27 heavy (non-hydrogen) atoms. The number of hydrogen-bond donors (Lipinski definition) is 3. The second-order valence-electron chi connectivity index (χ2n) is 6.54. The number of nitrogens with one attached hydrogen (secondary N) is 2. The quantitative estimate of drug-likeness (QED) is 0.680. The molecule has 2 aliphatic carbocycles. The molecule has 0 bridgehead atoms. The van der Waals surface area contributed by atoms with Crippen molar-refractivity contribution >= 4 is 11.9 Å². The molecule has 8 nitrogen and oxygen atoms in total. The molecular weight excluding hydrogens is 352 g/mol. The molecule has 0 aromatic carbocycles. The Morgan fingerprint density at radius 1 is 0.889 bits per heavy atom. The van der Waals surface area contributed by atoms with Crippen molar-refractivity contribution in [3.05, 3.63) is 66.5 Å². The predicted molar refractivity (Wildman–Crippen MR) is 96.5 cm³/mol. The van der Waals surface area contributed by atoms with Crippen molar-refractivity contribution in [2.45, 2.75) is 38.5 Å². The molecule has 0 saturated carbocycles. The number of pyridine rings is 2. The highest BCUT2D eigenvalue weighted by molar-refractivity contribution is 5.89. The van der Waals surface area contributed by atoms with Gasteiger partial charge in [-0.05, 0) is 61.8 Å². The number of aromatic carboxylic acids is 1. The van der Waals surface area contributed by atoms with Crippen LogP contribution in [-0.4, -0.2) is 34.1 Å². The van der Waals surface area contributed by atoms with Gasteiger partial charge in [-0.15, -0.1) is 0 Å². The van der Waals surface area contributed by atoms with Crippen molar-refractivity contribution in [1.82, 2.24) is 9.97 Å². The predicted octanol–water partition coefficient (Wildman–Crippen LogP) is 1.21. The van der Waals surface area contributed by atoms with Crippen LogP contribution in [0.2, 0.25) is 0 Å². The lowest BCUT2D eigenvalue weighted by Gasteiger charge is -2.01. The molecule has 0 radical (unpaired) electrons. The smallest absolute Gasteiger partial charge is 0.343 e. The fourth-order valence-corrected chi connectivity index (χ4v) is 3.45. The summed E-state index contributed by atoms with van der Waals surface area (Å²) in [5.41, 5.74) is 3.00. The van der Waals surface area contributed by atoms with Crippen LogP contribution in [0.25, 0.3) is 0 Å². The summed E-state index contributed by atoms with van der Waals surface area (Å²) in [6.07, 6.45) is 5.57. The van der Waals surface area contributed by atoms with E-state index in [4.69, 9.17) is 5.11 Å². The molecule has 0 saturated heterocycles. The standard InChI is InChI=1S/C10H11NO3.C9H9NO3/c1-14-10(13)7-5-6-3-2-4-8(6)11-9(7)12;11-8-6(9(12)13)4-5-2-1-3-7(5)10-8/h5H,2-4H2,1H3,(H,11,12);4H,1-3H2,(H,10,11)(H,12,13). The van der Waals surface area contributed by atoms with Crippen LogP contribution in [0.4, 0.5) is 0 Å². The van der Waals surface area contributed by atoms with Crippen LogP contribution in [0, 0.1) is 0 Å². The summed E-state index contributed by atoms with van der Waals surface area (Å²) < 4.78 is 4.52. The van der Waals surface area contributed by atoms with E-state index in [-0.39, 0.29) is 16.7 Å². The van der Waals surface area contributed by atoms with E-state index in [1.165, 1.54) is 13.2 Å². The monoisotopic (exact) mass is 372 g/mol. The van der Waals surface area contributed by atoms with Crippen LogP contribution in [0.1, 0.15) is 56.1 Å². The maximum Gasteiger partial charge on any atom is 0.343 e. The number of methoxy groups -OCH3 is 1. The fraction of sp³-hybridized carbons (Fsp3) is 0.368. The number of aromatic nitrogens is 2. The second kappa shape index (κ2) is 7.61. The molecule has 3 N–H and O–H groups in total. The third-order valence-corrected chi connectivity index (χ3v) is 4.81. The van der Waals surface area contributed by atoms with Gasteiger partial charge >= 0.3 is 11.9 Å². The number of esters is 1. The lowest BCUT2D eigenvalue weighted by atomic mass is 10.1. The number of fused-ring (bicyclic) bond motifs is 2. The van der Waals surface area contributed by atoms with Crippen LogP contribution in [0.3, 0.4) is 0 Å². The van der Waals surface area contributed by atoms with E-state index in [0.29, 0.717) is 0 Å². The highest BCUT2D eigenvalue weighted by atomic mass is 16.5. The summed E-state index contributed by atoms with van der Waals surface area (Å²) in [7, 11) is 1.27. The summed E-state index contributed by atoms with van der Waals surface area (Å²) >= 11 is 0. The number of aromatic amines is 2. The third-order valence-electron chi connectivity index (χ3n) is 4.81. The molecule has 0 fully saturated rings. The van der Waals surface area contributed by atoms with Crippen molar-refractivity contribution in [3.63, 3.8) is 0 Å². The van der Waals surface area contributed by atoms with Crippen molar-refractivity contribution in [2.75, 3.05) is 7.11 Å². The fourth-order valence-electron chi connectivity index (χ4n) is 3.45. The van der Waals surface area contributed by atoms with Gasteiger partial charge in [-0.3, -0.25) is 9.59 Å². The Kier molecular flexibility index (Phi) is 5.25. The first kappa shape index (κ1) is 18.6. The van der Waals surface area contributed by atoms with Gasteiger partial charge < -0.3 is 19.8 Å². The number of ether oxygens (including phenoxy) is 1. The Labute approximate surface area is 154 Å². The number of aryl methyl sites for hydroxylation is 4. The van der Waals surface area contributed by atoms with Crippen molar-refractivity contribution in [1.29, 1.82) is 0 Å². The van der Waals surface area contributed by atoms with Crippen LogP contribution in [-0.2, 0) is 30.4 Å². The van der Waals surface area contributed by atoms with Gasteiger partial charge in [-0.1, -0.05) is 0 Å². The van der Waals surface area contributed by atoms with Crippen LogP contribution < -0.4 is 11.1 Å². The first-order chi connectivity index (χ1) is 12.9. The van der Waals surface area contributed by atoms with Crippen molar-refractivity contribution in [2.24, 2.45) is 0 Å². The molecule has 4 rings (SSSR count). The van der Waals surface area contributed by atoms with Gasteiger partial charge in [-0.2, -0.15) is 0 Å². The van der Waals surface area contributed by atoms with Gasteiger partial charge in [0.05, 0.1) is 7.11 Å². The number of carbonyl (C=O) groups excluding carboxylic acids is 1. The number of carboxylic acid groups (broad SMARTS) is 1. The Morgan fingerprint density at radius 2 is 1.37 bits per heavy atom. The molecule has 0 aliphatic heterocycles. The van der Waals surface area contributed by atoms with Gasteiger partial charge in [0, 0.05) is 11.4 Å². The molecule has 0 amide bonds. The number of carbonyl (C=O) groups is 2. The molecule has 0 unspecified atom stereocenters. The molecule has 142 valence electrons. The van der Waals surface area contributed by atoms with E-state index in [0.717, 1.165) is 61.0 Å². The average Bonchev–Trinajstić information content (AvgIpc) is 3.28. The van der Waals surface area contributed by atoms with E-state index in [1.54, 1.807) is 6.07 Å². The molecule has 2 aromatic heterocycles. The Hall–Kier alpha value is -3.16. The zero-order valence-electron chi connectivity index (χ0n) is 14.9. The zero-order valence-corrected chi connectivity index (χ0v) is 14.9. The Balaban J connectivity index is 0.000000156. The summed E-state index contributed by atoms with van der Waals surface area (Å²) in [6.45, 7) is 0. The van der Waals surface area contributed by atoms with Gasteiger partial charge in [-0.25, -0.2) is 9.59 Å². The van der Waals surface area contributed by atoms with E-state index >= 15 is 0 Å². The van der Waals surface area contributed by atoms with E-state index < -0.39 is 17.5 Å². The van der Waals surface area contributed by atoms with Crippen LogP contribution in [0.15, 0.2) is 21.7 Å². The largest absolute Gasteiger partial charge is 0.477 e. The molecule has 0 spiro atoms. The summed E-state index contributed by atoms with van der Waals surface area (Å²) in [6, 6.07) is 3.14.